The van der Waals surface area contributed by atoms with Gasteiger partial charge in [-0.2, -0.15) is 0 Å². The highest BCUT2D eigenvalue weighted by Gasteiger charge is 1.97. The normalized spacial score (nSPS) is 11.5. The van der Waals surface area contributed by atoms with E-state index < -0.39 is 0 Å². The van der Waals surface area contributed by atoms with Crippen LogP contribution in [0.2, 0.25) is 0 Å². The number of allylic oxidation sites excluding steroid dienone is 1. The van der Waals surface area contributed by atoms with E-state index in [1.165, 1.54) is 70.6 Å². The van der Waals surface area contributed by atoms with E-state index >= 15 is 0 Å². The SMILES string of the molecule is CCCCCCCCCCCCCC=CC(=O)NCC(C)C. The molecule has 22 heavy (non-hydrogen) atoms. The molecule has 0 bridgehead atoms. The molecule has 0 aromatic heterocycles. The molecule has 0 atom stereocenters. The third-order valence-corrected chi connectivity index (χ3v) is 3.93. The Labute approximate surface area is 139 Å². The van der Waals surface area contributed by atoms with Gasteiger partial charge in [0, 0.05) is 6.54 Å². The van der Waals surface area contributed by atoms with E-state index in [4.69, 9.17) is 0 Å². The fraction of sp³-hybridized carbons (Fsp3) is 0.850. The number of carbonyl (C=O) groups is 1. The van der Waals surface area contributed by atoms with Crippen molar-refractivity contribution in [2.24, 2.45) is 5.92 Å². The lowest BCUT2D eigenvalue weighted by molar-refractivity contribution is -0.116. The molecule has 2 nitrogen and oxygen atoms in total. The van der Waals surface area contributed by atoms with E-state index in [2.05, 4.69) is 26.1 Å². The Morgan fingerprint density at radius 2 is 1.36 bits per heavy atom. The molecule has 0 aromatic carbocycles. The molecule has 0 saturated carbocycles. The van der Waals surface area contributed by atoms with Gasteiger partial charge in [0.1, 0.15) is 0 Å². The number of unbranched alkanes of at least 4 members (excludes halogenated alkanes) is 11. The molecule has 1 N–H and O–H groups in total. The van der Waals surface area contributed by atoms with Gasteiger partial charge >= 0.3 is 0 Å². The second-order valence-electron chi connectivity index (χ2n) is 6.87. The Balaban J connectivity index is 3.21. The molecule has 0 spiro atoms. The standard InChI is InChI=1S/C20H39NO/c1-4-5-6-7-8-9-10-11-12-13-14-15-16-17-20(22)21-18-19(2)3/h16-17,19H,4-15,18H2,1-3H3,(H,21,22). The highest BCUT2D eigenvalue weighted by atomic mass is 16.1. The summed E-state index contributed by atoms with van der Waals surface area (Å²) in [7, 11) is 0. The molecule has 0 aliphatic carbocycles. The summed E-state index contributed by atoms with van der Waals surface area (Å²) < 4.78 is 0. The van der Waals surface area contributed by atoms with Crippen LogP contribution in [0.5, 0.6) is 0 Å². The molecular formula is C20H39NO. The van der Waals surface area contributed by atoms with Crippen LogP contribution in [-0.2, 0) is 4.79 Å². The average Bonchev–Trinajstić information content (AvgIpc) is 2.49. The molecule has 0 rings (SSSR count). The van der Waals surface area contributed by atoms with Crippen molar-refractivity contribution >= 4 is 5.91 Å². The van der Waals surface area contributed by atoms with Gasteiger partial charge in [0.05, 0.1) is 0 Å². The summed E-state index contributed by atoms with van der Waals surface area (Å²) in [5, 5.41) is 2.90. The van der Waals surface area contributed by atoms with E-state index in [9.17, 15) is 4.79 Å². The summed E-state index contributed by atoms with van der Waals surface area (Å²) in [5.74, 6) is 0.570. The zero-order valence-corrected chi connectivity index (χ0v) is 15.3. The summed E-state index contributed by atoms with van der Waals surface area (Å²) in [6, 6.07) is 0. The number of amides is 1. The molecule has 2 heteroatoms. The first kappa shape index (κ1) is 21.2. The largest absolute Gasteiger partial charge is 0.352 e. The third-order valence-electron chi connectivity index (χ3n) is 3.93. The fourth-order valence-corrected chi connectivity index (χ4v) is 2.48. The summed E-state index contributed by atoms with van der Waals surface area (Å²) in [6.45, 7) is 7.25. The molecule has 0 unspecified atom stereocenters. The first-order valence-corrected chi connectivity index (χ1v) is 9.61. The molecule has 0 radical (unpaired) electrons. The first-order valence-electron chi connectivity index (χ1n) is 9.61. The minimum atomic E-state index is 0.0526. The molecule has 0 saturated heterocycles. The van der Waals surface area contributed by atoms with Crippen LogP contribution >= 0.6 is 0 Å². The monoisotopic (exact) mass is 309 g/mol. The zero-order valence-electron chi connectivity index (χ0n) is 15.3. The average molecular weight is 310 g/mol. The van der Waals surface area contributed by atoms with Crippen LogP contribution in [0.3, 0.4) is 0 Å². The Morgan fingerprint density at radius 3 is 1.86 bits per heavy atom. The molecule has 0 heterocycles. The van der Waals surface area contributed by atoms with Gasteiger partial charge in [-0.05, 0) is 24.8 Å². The van der Waals surface area contributed by atoms with Gasteiger partial charge in [-0.25, -0.2) is 0 Å². The Kier molecular flexibility index (Phi) is 16.0. The van der Waals surface area contributed by atoms with Gasteiger partial charge < -0.3 is 5.32 Å². The summed E-state index contributed by atoms with van der Waals surface area (Å²) >= 11 is 0. The topological polar surface area (TPSA) is 29.1 Å². The van der Waals surface area contributed by atoms with Crippen molar-refractivity contribution in [3.05, 3.63) is 12.2 Å². The quantitative estimate of drug-likeness (QED) is 0.291. The van der Waals surface area contributed by atoms with Gasteiger partial charge in [-0.15, -0.1) is 0 Å². The van der Waals surface area contributed by atoms with Crippen LogP contribution in [0.15, 0.2) is 12.2 Å². The van der Waals surface area contributed by atoms with Crippen LogP contribution in [0.25, 0.3) is 0 Å². The van der Waals surface area contributed by atoms with E-state index in [0.29, 0.717) is 5.92 Å². The highest BCUT2D eigenvalue weighted by molar-refractivity contribution is 5.87. The van der Waals surface area contributed by atoms with Crippen molar-refractivity contribution < 1.29 is 4.79 Å². The zero-order chi connectivity index (χ0) is 16.5. The first-order chi connectivity index (χ1) is 10.7. The van der Waals surface area contributed by atoms with Crippen molar-refractivity contribution in [2.75, 3.05) is 6.54 Å². The molecule has 0 fully saturated rings. The number of carbonyl (C=O) groups excluding carboxylic acids is 1. The van der Waals surface area contributed by atoms with Crippen molar-refractivity contribution in [1.82, 2.24) is 5.32 Å². The molecule has 0 aliphatic heterocycles. The Bertz CT molecular complexity index is 271. The Morgan fingerprint density at radius 1 is 0.864 bits per heavy atom. The summed E-state index contributed by atoms with van der Waals surface area (Å²) in [4.78, 5) is 11.5. The van der Waals surface area contributed by atoms with Gasteiger partial charge in [-0.1, -0.05) is 91.1 Å². The third kappa shape index (κ3) is 17.3. The molecule has 130 valence electrons. The van der Waals surface area contributed by atoms with Crippen molar-refractivity contribution in [1.29, 1.82) is 0 Å². The predicted octanol–water partition coefficient (Wildman–Crippen LogP) is 6.02. The summed E-state index contributed by atoms with van der Waals surface area (Å²) in [5.41, 5.74) is 0. The smallest absolute Gasteiger partial charge is 0.243 e. The lowest BCUT2D eigenvalue weighted by Crippen LogP contribution is -2.25. The Hall–Kier alpha value is -0.790. The van der Waals surface area contributed by atoms with Crippen molar-refractivity contribution in [3.63, 3.8) is 0 Å². The van der Waals surface area contributed by atoms with Crippen molar-refractivity contribution in [3.8, 4) is 0 Å². The highest BCUT2D eigenvalue weighted by Crippen LogP contribution is 2.11. The van der Waals surface area contributed by atoms with Gasteiger partial charge in [0.25, 0.3) is 0 Å². The molecule has 0 aromatic rings. The maximum absolute atomic E-state index is 11.5. The second-order valence-corrected chi connectivity index (χ2v) is 6.87. The number of hydrogen-bond donors (Lipinski definition) is 1. The van der Waals surface area contributed by atoms with Crippen LogP contribution in [0, 0.1) is 5.92 Å². The van der Waals surface area contributed by atoms with E-state index in [-0.39, 0.29) is 5.91 Å². The number of hydrogen-bond acceptors (Lipinski definition) is 1. The van der Waals surface area contributed by atoms with Gasteiger partial charge in [-0.3, -0.25) is 4.79 Å². The second kappa shape index (κ2) is 16.6. The van der Waals surface area contributed by atoms with Crippen LogP contribution in [0.4, 0.5) is 0 Å². The van der Waals surface area contributed by atoms with Crippen LogP contribution < -0.4 is 5.32 Å². The molecular weight excluding hydrogens is 270 g/mol. The molecule has 0 aliphatic rings. The van der Waals surface area contributed by atoms with Crippen molar-refractivity contribution in [2.45, 2.75) is 97.8 Å². The van der Waals surface area contributed by atoms with Gasteiger partial charge in [0.15, 0.2) is 0 Å². The van der Waals surface area contributed by atoms with Crippen LogP contribution in [-0.4, -0.2) is 12.5 Å². The fourth-order valence-electron chi connectivity index (χ4n) is 2.48. The maximum Gasteiger partial charge on any atom is 0.243 e. The summed E-state index contributed by atoms with van der Waals surface area (Å²) in [6.07, 6.45) is 19.8. The van der Waals surface area contributed by atoms with E-state index in [1.54, 1.807) is 6.08 Å². The minimum Gasteiger partial charge on any atom is -0.352 e. The molecule has 1 amide bonds. The van der Waals surface area contributed by atoms with E-state index in [1.807, 2.05) is 6.08 Å². The lowest BCUT2D eigenvalue weighted by atomic mass is 10.1. The maximum atomic E-state index is 11.5. The number of nitrogens with one attached hydrogen (secondary N) is 1. The predicted molar refractivity (Wildman–Crippen MR) is 98.1 cm³/mol. The minimum absolute atomic E-state index is 0.0526. The lowest BCUT2D eigenvalue weighted by Gasteiger charge is -2.04. The van der Waals surface area contributed by atoms with Crippen LogP contribution in [0.1, 0.15) is 97.8 Å². The van der Waals surface area contributed by atoms with E-state index in [0.717, 1.165) is 13.0 Å². The number of rotatable bonds is 15. The van der Waals surface area contributed by atoms with Gasteiger partial charge in [0.2, 0.25) is 5.91 Å².